The maximum atomic E-state index is 5.70. The summed E-state index contributed by atoms with van der Waals surface area (Å²) in [5.74, 6) is 0.693. The quantitative estimate of drug-likeness (QED) is 0.703. The molecule has 0 saturated carbocycles. The molecule has 4 N–H and O–H groups in total. The van der Waals surface area contributed by atoms with Crippen molar-refractivity contribution in [2.75, 3.05) is 11.5 Å². The van der Waals surface area contributed by atoms with Crippen LogP contribution >= 0.6 is 0 Å². The van der Waals surface area contributed by atoms with E-state index < -0.39 is 0 Å². The molecular weight excluding hydrogens is 176 g/mol. The molecule has 0 fully saturated rings. The van der Waals surface area contributed by atoms with Crippen LogP contribution in [-0.2, 0) is 0 Å². The number of aromatic nitrogens is 2. The fourth-order valence-electron chi connectivity index (χ4n) is 1.24. The molecule has 0 unspecified atom stereocenters. The minimum atomic E-state index is 0.335. The molecular formula is C10H10N4. The van der Waals surface area contributed by atoms with Gasteiger partial charge in [-0.1, -0.05) is 30.3 Å². The minimum absolute atomic E-state index is 0.335. The van der Waals surface area contributed by atoms with E-state index in [0.29, 0.717) is 17.3 Å². The Kier molecular flexibility index (Phi) is 2.02. The van der Waals surface area contributed by atoms with Crippen molar-refractivity contribution in [3.63, 3.8) is 0 Å². The lowest BCUT2D eigenvalue weighted by atomic mass is 10.1. The Bertz CT molecular complexity index is 439. The van der Waals surface area contributed by atoms with Crippen molar-refractivity contribution in [2.45, 2.75) is 0 Å². The molecule has 0 aliphatic rings. The van der Waals surface area contributed by atoms with Gasteiger partial charge in [0.1, 0.15) is 11.5 Å². The molecule has 2 aromatic rings. The Labute approximate surface area is 81.6 Å². The second-order valence-electron chi connectivity index (χ2n) is 2.89. The third-order valence-corrected chi connectivity index (χ3v) is 1.87. The van der Waals surface area contributed by atoms with Crippen molar-refractivity contribution in [3.05, 3.63) is 36.5 Å². The van der Waals surface area contributed by atoms with Crippen LogP contribution in [0, 0.1) is 0 Å². The number of hydrogen-bond acceptors (Lipinski definition) is 4. The molecule has 1 heterocycles. The lowest BCUT2D eigenvalue weighted by Crippen LogP contribution is -2.00. The smallest absolute Gasteiger partial charge is 0.152 e. The van der Waals surface area contributed by atoms with Crippen molar-refractivity contribution < 1.29 is 0 Å². The molecule has 70 valence electrons. The van der Waals surface area contributed by atoms with Crippen molar-refractivity contribution in [1.82, 2.24) is 9.97 Å². The summed E-state index contributed by atoms with van der Waals surface area (Å²) in [5.41, 5.74) is 12.8. The van der Waals surface area contributed by atoms with Gasteiger partial charge in [0.2, 0.25) is 0 Å². The van der Waals surface area contributed by atoms with E-state index in [1.807, 2.05) is 30.3 Å². The Morgan fingerprint density at radius 3 is 2.36 bits per heavy atom. The van der Waals surface area contributed by atoms with Gasteiger partial charge in [0.25, 0.3) is 0 Å². The van der Waals surface area contributed by atoms with Gasteiger partial charge in [-0.05, 0) is 0 Å². The molecule has 0 amide bonds. The van der Waals surface area contributed by atoms with E-state index in [4.69, 9.17) is 11.5 Å². The molecule has 2 rings (SSSR count). The van der Waals surface area contributed by atoms with Gasteiger partial charge in [-0.25, -0.2) is 9.97 Å². The summed E-state index contributed by atoms with van der Waals surface area (Å²) in [6.45, 7) is 0. The topological polar surface area (TPSA) is 77.8 Å². The van der Waals surface area contributed by atoms with Crippen LogP contribution < -0.4 is 11.5 Å². The van der Waals surface area contributed by atoms with E-state index in [1.54, 1.807) is 0 Å². The number of nitrogen functional groups attached to an aromatic ring is 2. The standard InChI is InChI=1S/C10H10N4/c11-8-6-13-9(10(12)14-8)7-4-2-1-3-5-7/h1-6H,(H4,11,12,14). The molecule has 0 atom stereocenters. The van der Waals surface area contributed by atoms with Gasteiger partial charge in [-0.3, -0.25) is 0 Å². The maximum absolute atomic E-state index is 5.70. The summed E-state index contributed by atoms with van der Waals surface area (Å²) in [5, 5.41) is 0. The molecule has 1 aromatic carbocycles. The normalized spacial score (nSPS) is 10.0. The van der Waals surface area contributed by atoms with Crippen LogP contribution in [0.5, 0.6) is 0 Å². The fourth-order valence-corrected chi connectivity index (χ4v) is 1.24. The maximum Gasteiger partial charge on any atom is 0.152 e. The fraction of sp³-hybridized carbons (Fsp3) is 0. The first kappa shape index (κ1) is 8.50. The number of rotatable bonds is 1. The van der Waals surface area contributed by atoms with Gasteiger partial charge >= 0.3 is 0 Å². The molecule has 0 spiro atoms. The van der Waals surface area contributed by atoms with Crippen LogP contribution in [0.25, 0.3) is 11.3 Å². The monoisotopic (exact) mass is 186 g/mol. The van der Waals surface area contributed by atoms with E-state index >= 15 is 0 Å². The molecule has 4 nitrogen and oxygen atoms in total. The zero-order chi connectivity index (χ0) is 9.97. The molecule has 14 heavy (non-hydrogen) atoms. The second kappa shape index (κ2) is 3.33. The predicted octanol–water partition coefficient (Wildman–Crippen LogP) is 1.31. The van der Waals surface area contributed by atoms with Crippen molar-refractivity contribution in [2.24, 2.45) is 0 Å². The Hall–Kier alpha value is -2.10. The number of nitrogens with two attached hydrogens (primary N) is 2. The van der Waals surface area contributed by atoms with E-state index in [2.05, 4.69) is 9.97 Å². The van der Waals surface area contributed by atoms with Crippen LogP contribution in [0.3, 0.4) is 0 Å². The first-order chi connectivity index (χ1) is 6.77. The first-order valence-electron chi connectivity index (χ1n) is 4.21. The van der Waals surface area contributed by atoms with E-state index in [-0.39, 0.29) is 0 Å². The molecule has 0 radical (unpaired) electrons. The highest BCUT2D eigenvalue weighted by Crippen LogP contribution is 2.21. The van der Waals surface area contributed by atoms with E-state index in [1.165, 1.54) is 6.20 Å². The summed E-state index contributed by atoms with van der Waals surface area (Å²) in [6.07, 6.45) is 1.50. The molecule has 0 aliphatic heterocycles. The zero-order valence-electron chi connectivity index (χ0n) is 7.51. The number of anilines is 2. The van der Waals surface area contributed by atoms with Gasteiger partial charge < -0.3 is 11.5 Å². The zero-order valence-corrected chi connectivity index (χ0v) is 7.51. The summed E-state index contributed by atoms with van der Waals surface area (Å²) in [6, 6.07) is 9.64. The lowest BCUT2D eigenvalue weighted by Gasteiger charge is -2.03. The van der Waals surface area contributed by atoms with Crippen molar-refractivity contribution in [1.29, 1.82) is 0 Å². The number of nitrogens with zero attached hydrogens (tertiary/aromatic N) is 2. The van der Waals surface area contributed by atoms with Crippen LogP contribution in [0.1, 0.15) is 0 Å². The lowest BCUT2D eigenvalue weighted by molar-refractivity contribution is 1.22. The van der Waals surface area contributed by atoms with Crippen LogP contribution in [0.15, 0.2) is 36.5 Å². The predicted molar refractivity (Wildman–Crippen MR) is 56.3 cm³/mol. The first-order valence-corrected chi connectivity index (χ1v) is 4.21. The van der Waals surface area contributed by atoms with Gasteiger partial charge in [-0.2, -0.15) is 0 Å². The van der Waals surface area contributed by atoms with Crippen LogP contribution in [0.2, 0.25) is 0 Å². The largest absolute Gasteiger partial charge is 0.382 e. The summed E-state index contributed by atoms with van der Waals surface area (Å²) >= 11 is 0. The highest BCUT2D eigenvalue weighted by Gasteiger charge is 2.04. The SMILES string of the molecule is Nc1cnc(-c2ccccc2)c(N)n1. The number of hydrogen-bond donors (Lipinski definition) is 2. The van der Waals surface area contributed by atoms with Crippen molar-refractivity contribution >= 4 is 11.6 Å². The average Bonchev–Trinajstić information content (AvgIpc) is 2.19. The highest BCUT2D eigenvalue weighted by atomic mass is 15.0. The Morgan fingerprint density at radius 2 is 1.71 bits per heavy atom. The summed E-state index contributed by atoms with van der Waals surface area (Å²) in [7, 11) is 0. The highest BCUT2D eigenvalue weighted by molar-refractivity contribution is 5.70. The summed E-state index contributed by atoms with van der Waals surface area (Å²) in [4.78, 5) is 8.08. The Balaban J connectivity index is 2.53. The molecule has 0 bridgehead atoms. The molecule has 0 aliphatic carbocycles. The summed E-state index contributed by atoms with van der Waals surface area (Å²) < 4.78 is 0. The molecule has 0 saturated heterocycles. The van der Waals surface area contributed by atoms with Crippen LogP contribution in [-0.4, -0.2) is 9.97 Å². The minimum Gasteiger partial charge on any atom is -0.382 e. The number of benzene rings is 1. The second-order valence-corrected chi connectivity index (χ2v) is 2.89. The molecule has 4 heteroatoms. The van der Waals surface area contributed by atoms with Gasteiger partial charge in [0.15, 0.2) is 5.82 Å². The third kappa shape index (κ3) is 1.50. The van der Waals surface area contributed by atoms with Gasteiger partial charge in [0, 0.05) is 5.56 Å². The Morgan fingerprint density at radius 1 is 1.00 bits per heavy atom. The molecule has 1 aromatic heterocycles. The third-order valence-electron chi connectivity index (χ3n) is 1.87. The van der Waals surface area contributed by atoms with E-state index in [9.17, 15) is 0 Å². The van der Waals surface area contributed by atoms with Gasteiger partial charge in [0.05, 0.1) is 6.20 Å². The van der Waals surface area contributed by atoms with Crippen LogP contribution in [0.4, 0.5) is 11.6 Å². The van der Waals surface area contributed by atoms with Gasteiger partial charge in [-0.15, -0.1) is 0 Å². The average molecular weight is 186 g/mol. The van der Waals surface area contributed by atoms with Crippen molar-refractivity contribution in [3.8, 4) is 11.3 Å². The van der Waals surface area contributed by atoms with E-state index in [0.717, 1.165) is 5.56 Å².